The van der Waals surface area contributed by atoms with E-state index in [1.54, 1.807) is 13.1 Å². The zero-order valence-electron chi connectivity index (χ0n) is 17.4. The molecule has 166 valence electrons. The molecule has 0 saturated carbocycles. The van der Waals surface area contributed by atoms with Crippen LogP contribution in [0.3, 0.4) is 0 Å². The quantitative estimate of drug-likeness (QED) is 0.706. The summed E-state index contributed by atoms with van der Waals surface area (Å²) in [4.78, 5) is 39.9. The molecule has 9 nitrogen and oxygen atoms in total. The molecule has 2 atom stereocenters. The second-order valence-electron chi connectivity index (χ2n) is 8.46. The fourth-order valence-electron chi connectivity index (χ4n) is 4.71. The number of carbonyl (C=O) groups excluding carboxylic acids is 2. The standard InChI is InChI=1S/C21H26FN5O4/c1-24-20-15(25-11-13(12-25)31-17-8-9-23-10-14(17)22)4-2-5-16(20)26(21(24)30)27-18(28)6-3-7-19(27)29/h2,4-5,13-14,17,23H,3,6-12H2,1H3/t14-,17+/m0/s1. The molecule has 3 fully saturated rings. The van der Waals surface area contributed by atoms with E-state index >= 15 is 0 Å². The first-order chi connectivity index (χ1) is 15.0. The van der Waals surface area contributed by atoms with Crippen molar-refractivity contribution in [2.45, 2.75) is 44.1 Å². The summed E-state index contributed by atoms with van der Waals surface area (Å²) in [6.45, 7) is 2.27. The summed E-state index contributed by atoms with van der Waals surface area (Å²) in [5, 5.41) is 4.01. The van der Waals surface area contributed by atoms with E-state index in [0.29, 0.717) is 43.5 Å². The van der Waals surface area contributed by atoms with Crippen molar-refractivity contribution < 1.29 is 18.7 Å². The number of nitrogens with one attached hydrogen (secondary N) is 1. The van der Waals surface area contributed by atoms with Gasteiger partial charge in [0, 0.05) is 39.5 Å². The number of aromatic nitrogens is 2. The summed E-state index contributed by atoms with van der Waals surface area (Å²) < 4.78 is 22.7. The molecule has 10 heteroatoms. The Morgan fingerprint density at radius 3 is 2.58 bits per heavy atom. The lowest BCUT2D eigenvalue weighted by Gasteiger charge is -2.43. The predicted molar refractivity (Wildman–Crippen MR) is 113 cm³/mol. The molecule has 1 N–H and O–H groups in total. The van der Waals surface area contributed by atoms with Crippen LogP contribution in [-0.4, -0.2) is 65.6 Å². The largest absolute Gasteiger partial charge is 0.368 e. The number of alkyl halides is 1. The van der Waals surface area contributed by atoms with Crippen LogP contribution >= 0.6 is 0 Å². The van der Waals surface area contributed by atoms with Gasteiger partial charge in [0.15, 0.2) is 0 Å². The summed E-state index contributed by atoms with van der Waals surface area (Å²) in [7, 11) is 1.64. The Hall–Kier alpha value is -2.72. The Morgan fingerprint density at radius 2 is 1.87 bits per heavy atom. The van der Waals surface area contributed by atoms with Crippen LogP contribution in [0.4, 0.5) is 10.1 Å². The van der Waals surface area contributed by atoms with Gasteiger partial charge in [-0.25, -0.2) is 9.18 Å². The number of hydrogen-bond donors (Lipinski definition) is 1. The van der Waals surface area contributed by atoms with Crippen molar-refractivity contribution in [2.75, 3.05) is 36.1 Å². The molecule has 0 unspecified atom stereocenters. The van der Waals surface area contributed by atoms with Crippen LogP contribution < -0.4 is 20.9 Å². The van der Waals surface area contributed by atoms with Gasteiger partial charge in [-0.05, 0) is 31.5 Å². The number of aryl methyl sites for hydroxylation is 1. The van der Waals surface area contributed by atoms with Crippen molar-refractivity contribution in [3.05, 3.63) is 28.7 Å². The Balaban J connectivity index is 1.42. The molecule has 3 saturated heterocycles. The third kappa shape index (κ3) is 3.34. The van der Waals surface area contributed by atoms with Gasteiger partial charge in [0.2, 0.25) is 11.8 Å². The number of carbonyl (C=O) groups is 2. The van der Waals surface area contributed by atoms with Crippen LogP contribution in [0.1, 0.15) is 25.7 Å². The van der Waals surface area contributed by atoms with Crippen LogP contribution in [0.15, 0.2) is 23.0 Å². The Morgan fingerprint density at radius 1 is 1.13 bits per heavy atom. The SMILES string of the molecule is Cn1c(=O)n(N2C(=O)CCCC2=O)c2cccc(N3CC(O[C@@H]4CCNC[C@@H]4F)C3)c21. The first-order valence-corrected chi connectivity index (χ1v) is 10.8. The number of piperidine rings is 2. The minimum atomic E-state index is -0.999. The van der Waals surface area contributed by atoms with E-state index in [4.69, 9.17) is 4.74 Å². The maximum absolute atomic E-state index is 14.0. The van der Waals surface area contributed by atoms with Crippen molar-refractivity contribution >= 4 is 28.5 Å². The Kier molecular flexibility index (Phi) is 5.05. The second kappa shape index (κ2) is 7.76. The van der Waals surface area contributed by atoms with Crippen molar-refractivity contribution in [3.63, 3.8) is 0 Å². The maximum Gasteiger partial charge on any atom is 0.348 e. The zero-order valence-corrected chi connectivity index (χ0v) is 17.4. The molecule has 1 aromatic carbocycles. The number of amides is 2. The highest BCUT2D eigenvalue weighted by molar-refractivity contribution is 6.11. The number of ether oxygens (including phenoxy) is 1. The molecule has 2 aromatic rings. The van der Waals surface area contributed by atoms with Gasteiger partial charge in [-0.3, -0.25) is 14.2 Å². The minimum Gasteiger partial charge on any atom is -0.368 e. The first kappa shape index (κ1) is 20.2. The van der Waals surface area contributed by atoms with Crippen LogP contribution in [0.25, 0.3) is 11.0 Å². The molecule has 0 bridgehead atoms. The van der Waals surface area contributed by atoms with E-state index < -0.39 is 11.9 Å². The molecule has 2 amide bonds. The summed E-state index contributed by atoms with van der Waals surface area (Å²) in [5.41, 5.74) is 1.56. The predicted octanol–water partition coefficient (Wildman–Crippen LogP) is 0.420. The van der Waals surface area contributed by atoms with Crippen LogP contribution in [0.2, 0.25) is 0 Å². The van der Waals surface area contributed by atoms with Crippen molar-refractivity contribution in [1.82, 2.24) is 14.6 Å². The van der Waals surface area contributed by atoms with Crippen molar-refractivity contribution in [2.24, 2.45) is 7.05 Å². The van der Waals surface area contributed by atoms with Gasteiger partial charge in [-0.15, -0.1) is 0 Å². The number of rotatable bonds is 4. The van der Waals surface area contributed by atoms with Gasteiger partial charge < -0.3 is 15.0 Å². The Bertz CT molecular complexity index is 1070. The zero-order chi connectivity index (χ0) is 21.7. The summed E-state index contributed by atoms with van der Waals surface area (Å²) in [5.74, 6) is -0.729. The van der Waals surface area contributed by atoms with Crippen molar-refractivity contribution in [3.8, 4) is 0 Å². The Labute approximate surface area is 178 Å². The van der Waals surface area contributed by atoms with Gasteiger partial charge in [0.25, 0.3) is 0 Å². The molecule has 5 rings (SSSR count). The number of anilines is 1. The number of imidazole rings is 1. The number of fused-ring (bicyclic) bond motifs is 1. The number of para-hydroxylation sites is 1. The van der Waals surface area contributed by atoms with E-state index in [0.717, 1.165) is 17.2 Å². The van der Waals surface area contributed by atoms with Gasteiger partial charge >= 0.3 is 5.69 Å². The van der Waals surface area contributed by atoms with E-state index in [9.17, 15) is 18.8 Å². The number of benzene rings is 1. The molecule has 31 heavy (non-hydrogen) atoms. The first-order valence-electron chi connectivity index (χ1n) is 10.8. The number of nitrogens with zero attached hydrogens (tertiary/aromatic N) is 4. The lowest BCUT2D eigenvalue weighted by atomic mass is 10.1. The topological polar surface area (TPSA) is 88.8 Å². The van der Waals surface area contributed by atoms with Gasteiger partial charge in [-0.2, -0.15) is 9.69 Å². The maximum atomic E-state index is 14.0. The molecule has 3 aliphatic rings. The van der Waals surface area contributed by atoms with E-state index in [1.807, 2.05) is 12.1 Å². The minimum absolute atomic E-state index is 0.0685. The summed E-state index contributed by atoms with van der Waals surface area (Å²) in [6.07, 6.45) is 0.192. The average Bonchev–Trinajstić information content (AvgIpc) is 2.97. The van der Waals surface area contributed by atoms with Gasteiger partial charge in [0.05, 0.1) is 28.9 Å². The molecular formula is C21H26FN5O4. The molecule has 0 radical (unpaired) electrons. The van der Waals surface area contributed by atoms with E-state index in [-0.39, 0.29) is 36.9 Å². The smallest absolute Gasteiger partial charge is 0.348 e. The number of halogens is 1. The normalized spacial score (nSPS) is 25.4. The number of hydrogen-bond acceptors (Lipinski definition) is 6. The summed E-state index contributed by atoms with van der Waals surface area (Å²) >= 11 is 0. The molecule has 1 aromatic heterocycles. The van der Waals surface area contributed by atoms with Crippen LogP contribution in [0, 0.1) is 0 Å². The van der Waals surface area contributed by atoms with Gasteiger partial charge in [0.1, 0.15) is 6.17 Å². The number of imide groups is 1. The van der Waals surface area contributed by atoms with E-state index in [2.05, 4.69) is 10.2 Å². The molecule has 0 aliphatic carbocycles. The van der Waals surface area contributed by atoms with Gasteiger partial charge in [-0.1, -0.05) is 6.07 Å². The van der Waals surface area contributed by atoms with Crippen LogP contribution in [0.5, 0.6) is 0 Å². The third-order valence-electron chi connectivity index (χ3n) is 6.38. The molecule has 3 aliphatic heterocycles. The molecule has 0 spiro atoms. The highest BCUT2D eigenvalue weighted by Crippen LogP contribution is 2.31. The lowest BCUT2D eigenvalue weighted by molar-refractivity contribution is -0.131. The fourth-order valence-corrected chi connectivity index (χ4v) is 4.71. The monoisotopic (exact) mass is 431 g/mol. The molecular weight excluding hydrogens is 405 g/mol. The molecule has 4 heterocycles. The van der Waals surface area contributed by atoms with Crippen LogP contribution in [-0.2, 0) is 21.4 Å². The van der Waals surface area contributed by atoms with E-state index in [1.165, 1.54) is 9.24 Å². The second-order valence-corrected chi connectivity index (χ2v) is 8.46. The third-order valence-corrected chi connectivity index (χ3v) is 6.38. The average molecular weight is 431 g/mol. The summed E-state index contributed by atoms with van der Waals surface area (Å²) in [6, 6.07) is 5.46. The van der Waals surface area contributed by atoms with Crippen molar-refractivity contribution in [1.29, 1.82) is 0 Å². The highest BCUT2D eigenvalue weighted by Gasteiger charge is 2.36. The highest BCUT2D eigenvalue weighted by atomic mass is 19.1. The fraction of sp³-hybridized carbons (Fsp3) is 0.571. The lowest BCUT2D eigenvalue weighted by Crippen LogP contribution is -2.56.